The van der Waals surface area contributed by atoms with E-state index in [1.807, 2.05) is 67.6 Å². The normalized spacial score (nSPS) is 13.5. The van der Waals surface area contributed by atoms with Crippen LogP contribution in [0.1, 0.15) is 30.3 Å². The Morgan fingerprint density at radius 3 is 2.62 bits per heavy atom. The van der Waals surface area contributed by atoms with Crippen LogP contribution in [0.2, 0.25) is 0 Å². The Kier molecular flexibility index (Phi) is 4.21. The van der Waals surface area contributed by atoms with Gasteiger partial charge in [-0.1, -0.05) is 35.5 Å². The van der Waals surface area contributed by atoms with Crippen LogP contribution in [0.4, 0.5) is 0 Å². The van der Waals surface area contributed by atoms with Gasteiger partial charge in [0.1, 0.15) is 17.2 Å². The molecule has 0 saturated heterocycles. The molecule has 3 heterocycles. The number of nitrogens with zero attached hydrogens (tertiary/aromatic N) is 2. The summed E-state index contributed by atoms with van der Waals surface area (Å²) < 4.78 is 11.6. The first-order chi connectivity index (χ1) is 15.7. The molecule has 0 bridgehead atoms. The van der Waals surface area contributed by atoms with Crippen LogP contribution >= 0.6 is 0 Å². The van der Waals surface area contributed by atoms with Crippen molar-refractivity contribution in [2.75, 3.05) is 0 Å². The Balaban J connectivity index is 1.50. The van der Waals surface area contributed by atoms with Gasteiger partial charge in [-0.05, 0) is 50.1 Å². The Morgan fingerprint density at radius 1 is 1.03 bits per heavy atom. The van der Waals surface area contributed by atoms with E-state index in [4.69, 9.17) is 9.26 Å². The number of fused-ring (bicyclic) bond motifs is 1. The van der Waals surface area contributed by atoms with Crippen molar-refractivity contribution >= 4 is 10.8 Å². The summed E-state index contributed by atoms with van der Waals surface area (Å²) in [5, 5.41) is 5.45. The summed E-state index contributed by atoms with van der Waals surface area (Å²) in [6, 6.07) is 19.3. The van der Waals surface area contributed by atoms with Crippen molar-refractivity contribution < 1.29 is 9.26 Å². The molecule has 0 amide bonds. The maximum atomic E-state index is 13.0. The van der Waals surface area contributed by atoms with Crippen LogP contribution in [0.5, 0.6) is 11.5 Å². The van der Waals surface area contributed by atoms with Gasteiger partial charge in [-0.3, -0.25) is 4.79 Å². The Labute approximate surface area is 183 Å². The van der Waals surface area contributed by atoms with Gasteiger partial charge in [-0.15, -0.1) is 0 Å². The number of aromatic amines is 2. The molecule has 3 aromatic heterocycles. The lowest BCUT2D eigenvalue weighted by Crippen LogP contribution is -2.07. The van der Waals surface area contributed by atoms with E-state index in [1.54, 1.807) is 0 Å². The van der Waals surface area contributed by atoms with Crippen molar-refractivity contribution in [1.29, 1.82) is 0 Å². The fourth-order valence-corrected chi connectivity index (χ4v) is 4.00. The highest BCUT2D eigenvalue weighted by atomic mass is 16.5. The van der Waals surface area contributed by atoms with Gasteiger partial charge in [0.25, 0.3) is 11.4 Å². The molecule has 7 heteroatoms. The highest BCUT2D eigenvalue weighted by Crippen LogP contribution is 2.40. The van der Waals surface area contributed by atoms with Gasteiger partial charge in [0.15, 0.2) is 5.82 Å². The minimum atomic E-state index is -0.204. The number of H-pyrrole nitrogens is 2. The van der Waals surface area contributed by atoms with Gasteiger partial charge in [0.05, 0.1) is 11.1 Å². The number of benzene rings is 2. The van der Waals surface area contributed by atoms with Gasteiger partial charge in [0, 0.05) is 22.6 Å². The first kappa shape index (κ1) is 18.6. The molecular weight excluding hydrogens is 404 g/mol. The third kappa shape index (κ3) is 3.19. The molecule has 1 saturated carbocycles. The molecule has 0 aliphatic heterocycles. The summed E-state index contributed by atoms with van der Waals surface area (Å²) in [6.07, 6.45) is 2.15. The van der Waals surface area contributed by atoms with Crippen molar-refractivity contribution in [3.63, 3.8) is 0 Å². The lowest BCUT2D eigenvalue weighted by molar-refractivity contribution is 0.421. The number of nitrogens with one attached hydrogen (secondary N) is 2. The monoisotopic (exact) mass is 424 g/mol. The van der Waals surface area contributed by atoms with Gasteiger partial charge in [-0.25, -0.2) is 0 Å². The predicted octanol–water partition coefficient (Wildman–Crippen LogP) is 5.55. The minimum absolute atomic E-state index is 0.204. The maximum absolute atomic E-state index is 13.0. The molecule has 158 valence electrons. The summed E-state index contributed by atoms with van der Waals surface area (Å²) in [6.45, 7) is 1.89. The third-order valence-electron chi connectivity index (χ3n) is 5.73. The molecule has 2 N–H and O–H groups in total. The Bertz CT molecular complexity index is 1490. The molecule has 1 aliphatic carbocycles. The molecular formula is C25H20N4O3. The number of hydrogen-bond donors (Lipinski definition) is 2. The second-order valence-corrected chi connectivity index (χ2v) is 8.07. The zero-order chi connectivity index (χ0) is 21.7. The minimum Gasteiger partial charge on any atom is -0.457 e. The topological polar surface area (TPSA) is 96.8 Å². The molecule has 1 fully saturated rings. The average molecular weight is 424 g/mol. The quantitative estimate of drug-likeness (QED) is 0.385. The van der Waals surface area contributed by atoms with Crippen molar-refractivity contribution in [1.82, 2.24) is 20.1 Å². The van der Waals surface area contributed by atoms with Crippen molar-refractivity contribution in [2.45, 2.75) is 25.7 Å². The third-order valence-corrected chi connectivity index (χ3v) is 5.73. The second-order valence-electron chi connectivity index (χ2n) is 8.07. The summed E-state index contributed by atoms with van der Waals surface area (Å²) in [5.41, 5.74) is 2.74. The van der Waals surface area contributed by atoms with Gasteiger partial charge in [0.2, 0.25) is 0 Å². The largest absolute Gasteiger partial charge is 0.457 e. The number of pyridine rings is 1. The van der Waals surface area contributed by atoms with E-state index in [0.717, 1.165) is 40.9 Å². The van der Waals surface area contributed by atoms with Gasteiger partial charge in [-0.2, -0.15) is 4.98 Å². The van der Waals surface area contributed by atoms with E-state index in [9.17, 15) is 4.79 Å². The molecule has 0 unspecified atom stereocenters. The first-order valence-corrected chi connectivity index (χ1v) is 10.6. The summed E-state index contributed by atoms with van der Waals surface area (Å²) in [4.78, 5) is 23.7. The number of aryl methyl sites for hydroxylation is 1. The summed E-state index contributed by atoms with van der Waals surface area (Å²) in [5.74, 6) is 2.83. The molecule has 5 aromatic rings. The van der Waals surface area contributed by atoms with Crippen molar-refractivity contribution in [3.8, 4) is 34.3 Å². The highest BCUT2D eigenvalue weighted by Gasteiger charge is 2.29. The number of hydrogen-bond acceptors (Lipinski definition) is 5. The van der Waals surface area contributed by atoms with Gasteiger partial charge >= 0.3 is 0 Å². The van der Waals surface area contributed by atoms with Crippen molar-refractivity contribution in [2.24, 2.45) is 0 Å². The van der Waals surface area contributed by atoms with Crippen LogP contribution in [-0.4, -0.2) is 20.1 Å². The molecule has 7 nitrogen and oxygen atoms in total. The van der Waals surface area contributed by atoms with Crippen LogP contribution in [0.15, 0.2) is 70.0 Å². The zero-order valence-electron chi connectivity index (χ0n) is 17.4. The average Bonchev–Trinajstić information content (AvgIpc) is 3.44. The van der Waals surface area contributed by atoms with Crippen LogP contribution in [0.3, 0.4) is 0 Å². The lowest BCUT2D eigenvalue weighted by Gasteiger charge is -2.11. The standard InChI is InChI=1S/C25H20N4O3/c1-14-21-18(13-19(27-24(21)30)25-28-23(29-32-25)15-11-12-15)22(26-14)17-9-5-6-10-20(17)31-16-7-3-2-4-8-16/h2-10,13,15,26H,11-12H2,1H3,(H,27,30). The molecule has 2 aromatic carbocycles. The molecule has 1 aliphatic rings. The maximum Gasteiger partial charge on any atom is 0.274 e. The summed E-state index contributed by atoms with van der Waals surface area (Å²) in [7, 11) is 0. The van der Waals surface area contributed by atoms with Crippen molar-refractivity contribution in [3.05, 3.63) is 82.5 Å². The second kappa shape index (κ2) is 7.23. The summed E-state index contributed by atoms with van der Waals surface area (Å²) >= 11 is 0. The number of ether oxygens (including phenoxy) is 1. The van der Waals surface area contributed by atoms with Crippen LogP contribution in [0.25, 0.3) is 33.6 Å². The van der Waals surface area contributed by atoms with E-state index >= 15 is 0 Å². The fourth-order valence-electron chi connectivity index (χ4n) is 4.00. The lowest BCUT2D eigenvalue weighted by atomic mass is 10.1. The van der Waals surface area contributed by atoms with Crippen LogP contribution < -0.4 is 10.3 Å². The van der Waals surface area contributed by atoms with E-state index in [2.05, 4.69) is 20.1 Å². The Morgan fingerprint density at radius 2 is 1.81 bits per heavy atom. The van der Waals surface area contributed by atoms with Crippen LogP contribution in [-0.2, 0) is 0 Å². The molecule has 32 heavy (non-hydrogen) atoms. The fraction of sp³-hybridized carbons (Fsp3) is 0.160. The van der Waals surface area contributed by atoms with E-state index in [0.29, 0.717) is 34.5 Å². The molecule has 6 rings (SSSR count). The molecule has 0 radical (unpaired) electrons. The smallest absolute Gasteiger partial charge is 0.274 e. The van der Waals surface area contributed by atoms with E-state index in [1.165, 1.54) is 0 Å². The van der Waals surface area contributed by atoms with E-state index in [-0.39, 0.29) is 5.56 Å². The zero-order valence-corrected chi connectivity index (χ0v) is 17.4. The van der Waals surface area contributed by atoms with Crippen LogP contribution in [0, 0.1) is 6.92 Å². The number of rotatable bonds is 5. The molecule has 0 spiro atoms. The van der Waals surface area contributed by atoms with Gasteiger partial charge < -0.3 is 19.2 Å². The number of para-hydroxylation sites is 2. The highest BCUT2D eigenvalue weighted by molar-refractivity contribution is 5.99. The Hall–Kier alpha value is -4.13. The SMILES string of the molecule is Cc1[nH]c(-c2ccccc2Oc2ccccc2)c2cc(-c3nc(C4CC4)no3)[nH]c(=O)c12. The van der Waals surface area contributed by atoms with E-state index < -0.39 is 0 Å². The predicted molar refractivity (Wildman–Crippen MR) is 121 cm³/mol. The number of aromatic nitrogens is 4. The first-order valence-electron chi connectivity index (χ1n) is 10.6. The molecule has 0 atom stereocenters.